The highest BCUT2D eigenvalue weighted by Gasteiger charge is 2.33. The van der Waals surface area contributed by atoms with Crippen molar-refractivity contribution in [2.45, 2.75) is 289 Å². The molecule has 1 aliphatic heterocycles. The lowest BCUT2D eigenvalue weighted by atomic mass is 9.86. The Balaban J connectivity index is 0.000000263. The first-order valence-electron chi connectivity index (χ1n) is 54.1. The molecule has 1 N–H and O–H groups in total. The minimum atomic E-state index is -0.427. The van der Waals surface area contributed by atoms with E-state index in [-0.39, 0.29) is 79.9 Å². The minimum Gasteiger partial charge on any atom is -0.493 e. The van der Waals surface area contributed by atoms with E-state index in [9.17, 15) is 43.5 Å². The van der Waals surface area contributed by atoms with Crippen LogP contribution in [-0.2, 0) is 16.1 Å². The van der Waals surface area contributed by atoms with Crippen LogP contribution in [0.3, 0.4) is 0 Å². The molecule has 13 rings (SSSR count). The van der Waals surface area contributed by atoms with Crippen LogP contribution >= 0.6 is 0 Å². The lowest BCUT2D eigenvalue weighted by molar-refractivity contribution is 0.0852. The Kier molecular flexibility index (Phi) is 51.9. The molecule has 150 heavy (non-hydrogen) atoms. The Labute approximate surface area is 899 Å². The number of methoxy groups -OCH3 is 5. The summed E-state index contributed by atoms with van der Waals surface area (Å²) in [7, 11) is 8.03. The molecule has 0 radical (unpaired) electrons. The van der Waals surface area contributed by atoms with Gasteiger partial charge < -0.3 is 61.9 Å². The summed E-state index contributed by atoms with van der Waals surface area (Å²) in [5.74, 6) is 11.0. The maximum absolute atomic E-state index is 12.4. The Morgan fingerprint density at radius 3 is 0.780 bits per heavy atom. The first-order valence-corrected chi connectivity index (χ1v) is 54.1. The molecule has 4 saturated carbocycles. The number of Topliss-reactive ketones (excluding diaryl/α,β-unsaturated/α-hetero) is 8. The zero-order chi connectivity index (χ0) is 112. The van der Waals surface area contributed by atoms with Crippen molar-refractivity contribution in [2.24, 2.45) is 67.0 Å². The van der Waals surface area contributed by atoms with Gasteiger partial charge in [0.05, 0.1) is 67.6 Å². The van der Waals surface area contributed by atoms with E-state index in [1.807, 2.05) is 282 Å². The van der Waals surface area contributed by atoms with E-state index in [4.69, 9.17) is 56.8 Å². The second kappa shape index (κ2) is 61.0. The number of piperidine rings is 1. The molecule has 8 aromatic rings. The Morgan fingerprint density at radius 1 is 0.253 bits per heavy atom. The first kappa shape index (κ1) is 128. The second-order valence-corrected chi connectivity index (χ2v) is 48.2. The monoisotopic (exact) mass is 2070 g/mol. The van der Waals surface area contributed by atoms with Gasteiger partial charge in [-0.1, -0.05) is 241 Å². The Morgan fingerprint density at radius 2 is 0.493 bits per heavy atom. The predicted molar refractivity (Wildman–Crippen MR) is 603 cm³/mol. The maximum Gasteiger partial charge on any atom is 0.168 e. The largest absolute Gasteiger partial charge is 0.493 e. The molecule has 0 spiro atoms. The number of carbonyl (C=O) groups excluding carboxylic acids is 8. The van der Waals surface area contributed by atoms with E-state index < -0.39 is 16.2 Å². The molecule has 1 heterocycles. The average molecular weight is 2070 g/mol. The predicted octanol–water partition coefficient (Wildman–Crippen LogP) is 29.6. The van der Waals surface area contributed by atoms with Crippen LogP contribution in [0.5, 0.6) is 57.5 Å². The molecule has 22 nitrogen and oxygen atoms in total. The van der Waals surface area contributed by atoms with Crippen molar-refractivity contribution in [3.05, 3.63) is 225 Å². The normalized spacial score (nSPS) is 14.6. The third-order valence-corrected chi connectivity index (χ3v) is 25.9. The zero-order valence-corrected chi connectivity index (χ0v) is 96.7. The third-order valence-electron chi connectivity index (χ3n) is 25.9. The van der Waals surface area contributed by atoms with Gasteiger partial charge in [-0.15, -0.1) is 0 Å². The number of hydrogen-bond donors (Lipinski definition) is 1. The molecule has 5 fully saturated rings. The van der Waals surface area contributed by atoms with Gasteiger partial charge >= 0.3 is 0 Å². The van der Waals surface area contributed by atoms with Crippen molar-refractivity contribution in [3.8, 4) is 57.5 Å². The molecule has 0 amide bonds. The number of aliphatic hydroxyl groups is 1. The molecule has 0 atom stereocenters. The molecule has 0 bridgehead atoms. The number of ether oxygens (including phenoxy) is 12. The molecule has 826 valence electrons. The van der Waals surface area contributed by atoms with Crippen molar-refractivity contribution in [2.75, 3.05) is 115 Å². The fraction of sp³-hybridized carbons (Fsp3) is 0.562. The summed E-state index contributed by atoms with van der Waals surface area (Å²) in [6.07, 6.45) is 22.1. The van der Waals surface area contributed by atoms with Crippen LogP contribution in [0.15, 0.2) is 170 Å². The first-order chi connectivity index (χ1) is 70.4. The van der Waals surface area contributed by atoms with E-state index >= 15 is 0 Å². The van der Waals surface area contributed by atoms with Crippen LogP contribution < -0.4 is 47.4 Å². The summed E-state index contributed by atoms with van der Waals surface area (Å²) >= 11 is 0. The summed E-state index contributed by atoms with van der Waals surface area (Å²) in [4.78, 5) is 99.4. The molecule has 5 aliphatic rings. The number of likely N-dealkylation sites (tertiary alicyclic amines) is 1. The van der Waals surface area contributed by atoms with Crippen molar-refractivity contribution in [1.29, 1.82) is 0 Å². The highest BCUT2D eigenvalue weighted by molar-refractivity contribution is 6.04. The topological polar surface area (TPSA) is 271 Å². The molecular weight excluding hydrogens is 1890 g/mol. The smallest absolute Gasteiger partial charge is 0.168 e. The van der Waals surface area contributed by atoms with Crippen LogP contribution in [0.1, 0.15) is 369 Å². The van der Waals surface area contributed by atoms with Gasteiger partial charge in [0.2, 0.25) is 0 Å². The quantitative estimate of drug-likeness (QED) is 0.0282. The lowest BCUT2D eigenvalue weighted by Gasteiger charge is -2.26. The van der Waals surface area contributed by atoms with Gasteiger partial charge in [-0.3, -0.25) is 43.3 Å². The fourth-order valence-electron chi connectivity index (χ4n) is 16.1. The van der Waals surface area contributed by atoms with Crippen LogP contribution in [0.4, 0.5) is 0 Å². The lowest BCUT2D eigenvalue weighted by Crippen LogP contribution is -2.33. The number of hydrogen-bond acceptors (Lipinski definition) is 22. The van der Waals surface area contributed by atoms with Gasteiger partial charge in [-0.2, -0.15) is 0 Å². The van der Waals surface area contributed by atoms with E-state index in [1.54, 1.807) is 96.2 Å². The third kappa shape index (κ3) is 45.9. The van der Waals surface area contributed by atoms with Crippen LogP contribution in [0.25, 0.3) is 0 Å². The highest BCUT2D eigenvalue weighted by atomic mass is 16.5. The van der Waals surface area contributed by atoms with Crippen LogP contribution in [0.2, 0.25) is 0 Å². The van der Waals surface area contributed by atoms with Gasteiger partial charge in [-0.25, -0.2) is 0 Å². The Bertz CT molecular complexity index is 5460. The summed E-state index contributed by atoms with van der Waals surface area (Å²) in [5, 5.41) is 9.57. The van der Waals surface area contributed by atoms with Gasteiger partial charge in [0.1, 0.15) is 42.8 Å². The number of benzene rings is 8. The number of aryl methyl sites for hydroxylation is 1. The summed E-state index contributed by atoms with van der Waals surface area (Å²) < 4.78 is 65.8. The highest BCUT2D eigenvalue weighted by Crippen LogP contribution is 2.40. The van der Waals surface area contributed by atoms with Gasteiger partial charge in [0.25, 0.3) is 0 Å². The number of nitrogens with zero attached hydrogens (tertiary/aromatic N) is 1. The average Bonchev–Trinajstić information content (AvgIpc) is 1.62. The SMILES string of the molecule is CC(C)(C)C(=O)c1ccc(OCC2CC2)cc1.CC(C)(C)C(=O)c1ccc(OCC2CCCCC2)cc1.CC(C)(C)C(=O)c1ccc(OCCN2CCCCC2)c(CO)c1.COCCOc1ccc(C(=O)C(C)(C)C)cc1.COCCOc1ccc(C(=O)C(C)(C)C)cc1OC.COc1cc(C(=O)C(C)(C)C)ccc1OCC1CC1.COc1cc(C(=O)C(C)(C)C)ccc1OCC1CCCCC1.Cc1ccc(C(=O)C(C)(C)C)cc1. The maximum atomic E-state index is 12.4. The van der Waals surface area contributed by atoms with E-state index in [1.165, 1.54) is 115 Å². The standard InChI is InChI=1S/C19H29NO3.C19H28O3.C18H26O2.C16H22O3.C15H22O4.C15H20O2.C14H20O3.C12H16O/c1-19(2,3)18(22)15-7-8-17(16(13-15)14-21)23-12-11-20-9-5-4-6-10-20;1-19(2,3)18(20)15-10-11-16(17(12-15)21-4)22-13-14-8-6-5-7-9-14;1-18(2,3)17(19)15-9-11-16(12-10-15)20-13-14-7-5-4-6-8-14;1-16(2,3)15(17)12-7-8-13(14(9-12)18-4)19-10-11-5-6-11;1-15(2,3)14(16)11-6-7-12(13(10-11)18-5)19-9-8-17-4;1-15(2,3)14(16)12-6-8-13(9-7-12)17-10-11-4-5-11;1-14(2,3)13(15)11-5-7-12(8-6-11)17-10-9-16-4;1-9-5-7-10(8-6-9)11(13)12(2,3)4/h7-8,13,21H,4-6,9-12,14H2,1-3H3;10-12,14H,5-9,13H2,1-4H3;9-12,14H,4-8,13H2,1-3H3;7-9,11H,5-6,10H2,1-4H3;6-7,10H,8-9H2,1-5H3;6-9,11H,4-5,10H2,1-3H3;5-8H,9-10H2,1-4H3;5-8H,1-4H3. The van der Waals surface area contributed by atoms with Gasteiger partial charge in [-0.05, 0) is 253 Å². The molecule has 4 aliphatic carbocycles. The molecule has 1 saturated heterocycles. The number of aliphatic hydroxyl groups excluding tert-OH is 1. The van der Waals surface area contributed by atoms with Crippen molar-refractivity contribution in [1.82, 2.24) is 4.90 Å². The van der Waals surface area contributed by atoms with Crippen LogP contribution in [0, 0.1) is 73.9 Å². The van der Waals surface area contributed by atoms with Gasteiger partial charge in [0, 0.05) is 114 Å². The summed E-state index contributed by atoms with van der Waals surface area (Å²) in [6, 6.07) is 51.6. The van der Waals surface area contributed by atoms with E-state index in [0.717, 1.165) is 103 Å². The number of ketones is 8. The molecule has 22 heteroatoms. The molecule has 8 aromatic carbocycles. The fourth-order valence-corrected chi connectivity index (χ4v) is 16.1. The summed E-state index contributed by atoms with van der Waals surface area (Å²) in [5.41, 5.74) is 4.61. The van der Waals surface area contributed by atoms with Crippen molar-refractivity contribution in [3.63, 3.8) is 0 Å². The Hall–Kier alpha value is -11.0. The second-order valence-electron chi connectivity index (χ2n) is 48.2. The molecular formula is C128H183NO21. The molecule has 0 aromatic heterocycles. The molecule has 0 unspecified atom stereocenters. The number of rotatable bonds is 36. The van der Waals surface area contributed by atoms with Gasteiger partial charge in [0.15, 0.2) is 80.8 Å². The van der Waals surface area contributed by atoms with Crippen molar-refractivity contribution >= 4 is 46.3 Å². The number of carbonyl (C=O) groups is 8. The van der Waals surface area contributed by atoms with E-state index in [2.05, 4.69) is 4.90 Å². The van der Waals surface area contributed by atoms with Crippen molar-refractivity contribution < 1.29 is 100 Å². The summed E-state index contributed by atoms with van der Waals surface area (Å²) in [6.45, 7) is 57.0. The minimum absolute atomic E-state index is 0.0760. The van der Waals surface area contributed by atoms with E-state index in [0.29, 0.717) is 107 Å². The zero-order valence-electron chi connectivity index (χ0n) is 96.7. The van der Waals surface area contributed by atoms with Crippen LogP contribution in [-0.4, -0.2) is 171 Å².